The Kier molecular flexibility index (Phi) is 7.14. The van der Waals surface area contributed by atoms with Gasteiger partial charge in [-0.05, 0) is 64.3 Å². The molecular formula is C17H33NO3. The molecule has 1 atom stereocenters. The molecule has 0 saturated heterocycles. The molecule has 1 rings (SSSR count). The number of carbonyl (C=O) groups is 1. The molecule has 0 aromatic heterocycles. The Balaban J connectivity index is 2.16. The van der Waals surface area contributed by atoms with E-state index in [0.29, 0.717) is 11.5 Å². The van der Waals surface area contributed by atoms with E-state index in [1.54, 1.807) is 7.05 Å². The molecule has 4 nitrogen and oxygen atoms in total. The van der Waals surface area contributed by atoms with E-state index in [2.05, 4.69) is 19.2 Å². The zero-order valence-corrected chi connectivity index (χ0v) is 14.5. The Morgan fingerprint density at radius 1 is 1.29 bits per heavy atom. The van der Waals surface area contributed by atoms with Crippen LogP contribution in [-0.4, -0.2) is 38.4 Å². The summed E-state index contributed by atoms with van der Waals surface area (Å²) in [6.45, 7) is 7.37. The molecule has 1 saturated carbocycles. The molecular weight excluding hydrogens is 266 g/mol. The first-order valence-electron chi connectivity index (χ1n) is 8.22. The van der Waals surface area contributed by atoms with Crippen molar-refractivity contribution in [1.29, 1.82) is 0 Å². The van der Waals surface area contributed by atoms with Gasteiger partial charge in [-0.3, -0.25) is 4.79 Å². The van der Waals surface area contributed by atoms with E-state index >= 15 is 0 Å². The first-order chi connectivity index (χ1) is 9.83. The van der Waals surface area contributed by atoms with Gasteiger partial charge in [0, 0.05) is 6.61 Å². The van der Waals surface area contributed by atoms with Crippen LogP contribution in [-0.2, 0) is 14.3 Å². The number of hydrogen-bond donors (Lipinski definition) is 1. The maximum Gasteiger partial charge on any atom is 0.325 e. The third-order valence-electron chi connectivity index (χ3n) is 4.90. The number of likely N-dealkylation sites (N-methyl/N-ethyl adjacent to an activating group) is 1. The van der Waals surface area contributed by atoms with Crippen LogP contribution in [0.15, 0.2) is 0 Å². The highest BCUT2D eigenvalue weighted by atomic mass is 16.5. The van der Waals surface area contributed by atoms with Crippen LogP contribution in [0.3, 0.4) is 0 Å². The lowest BCUT2D eigenvalue weighted by Crippen LogP contribution is -2.48. The lowest BCUT2D eigenvalue weighted by atomic mass is 9.76. The summed E-state index contributed by atoms with van der Waals surface area (Å²) in [5, 5.41) is 3.06. The van der Waals surface area contributed by atoms with Crippen molar-refractivity contribution < 1.29 is 14.3 Å². The Labute approximate surface area is 130 Å². The summed E-state index contributed by atoms with van der Waals surface area (Å²) >= 11 is 0. The van der Waals surface area contributed by atoms with Crippen LogP contribution >= 0.6 is 0 Å². The van der Waals surface area contributed by atoms with Gasteiger partial charge in [-0.15, -0.1) is 0 Å². The van der Waals surface area contributed by atoms with Gasteiger partial charge in [-0.1, -0.05) is 13.8 Å². The van der Waals surface area contributed by atoms with Gasteiger partial charge < -0.3 is 14.8 Å². The van der Waals surface area contributed by atoms with Gasteiger partial charge in [0.25, 0.3) is 0 Å². The van der Waals surface area contributed by atoms with Crippen LogP contribution in [0.5, 0.6) is 0 Å². The first kappa shape index (κ1) is 18.4. The van der Waals surface area contributed by atoms with E-state index in [-0.39, 0.29) is 5.97 Å². The lowest BCUT2D eigenvalue weighted by Gasteiger charge is -2.34. The van der Waals surface area contributed by atoms with Crippen LogP contribution < -0.4 is 5.32 Å². The Hall–Kier alpha value is -0.610. The molecule has 1 unspecified atom stereocenters. The van der Waals surface area contributed by atoms with Gasteiger partial charge in [0.15, 0.2) is 0 Å². The number of esters is 1. The molecule has 1 aliphatic carbocycles. The Bertz CT molecular complexity index is 320. The van der Waals surface area contributed by atoms with Gasteiger partial charge >= 0.3 is 5.97 Å². The van der Waals surface area contributed by atoms with Crippen molar-refractivity contribution in [2.75, 3.05) is 20.8 Å². The molecule has 1 aliphatic rings. The molecule has 0 aliphatic heterocycles. The van der Waals surface area contributed by atoms with Crippen molar-refractivity contribution in [2.24, 2.45) is 5.41 Å². The summed E-state index contributed by atoms with van der Waals surface area (Å²) in [5.41, 5.74) is -0.0847. The van der Waals surface area contributed by atoms with Crippen molar-refractivity contribution in [3.05, 3.63) is 0 Å². The quantitative estimate of drug-likeness (QED) is 0.552. The molecule has 1 N–H and O–H groups in total. The first-order valence-corrected chi connectivity index (χ1v) is 8.22. The highest BCUT2D eigenvalue weighted by Crippen LogP contribution is 2.36. The predicted molar refractivity (Wildman–Crippen MR) is 85.3 cm³/mol. The molecule has 124 valence electrons. The van der Waals surface area contributed by atoms with Crippen LogP contribution in [0.1, 0.15) is 65.7 Å². The van der Waals surface area contributed by atoms with Gasteiger partial charge in [-0.25, -0.2) is 0 Å². The minimum absolute atomic E-state index is 0.194. The number of carbonyl (C=O) groups excluding carboxylic acids is 1. The number of unbranched alkanes of at least 4 members (excludes halogenated alkanes) is 1. The van der Waals surface area contributed by atoms with Gasteiger partial charge in [0.05, 0.1) is 13.2 Å². The number of ether oxygens (including phenoxy) is 2. The Morgan fingerprint density at radius 3 is 2.43 bits per heavy atom. The lowest BCUT2D eigenvalue weighted by molar-refractivity contribution is -0.148. The average Bonchev–Trinajstić information content (AvgIpc) is 2.47. The third-order valence-corrected chi connectivity index (χ3v) is 4.90. The standard InChI is InChI=1S/C17H33NO3/c1-16(2)11-8-14(9-12-16)21-13-7-6-10-17(3,18-4)15(19)20-5/h14,18H,6-13H2,1-5H3. The molecule has 1 fully saturated rings. The maximum absolute atomic E-state index is 11.7. The second-order valence-electron chi connectivity index (χ2n) is 7.27. The summed E-state index contributed by atoms with van der Waals surface area (Å²) in [5.74, 6) is -0.194. The third kappa shape index (κ3) is 5.95. The highest BCUT2D eigenvalue weighted by Gasteiger charge is 2.31. The van der Waals surface area contributed by atoms with Gasteiger partial charge in [0.1, 0.15) is 5.54 Å². The smallest absolute Gasteiger partial charge is 0.325 e. The molecule has 0 spiro atoms. The topological polar surface area (TPSA) is 47.6 Å². The zero-order chi connectivity index (χ0) is 15.9. The Morgan fingerprint density at radius 2 is 1.90 bits per heavy atom. The molecule has 0 amide bonds. The minimum Gasteiger partial charge on any atom is -0.468 e. The highest BCUT2D eigenvalue weighted by molar-refractivity contribution is 5.80. The van der Waals surface area contributed by atoms with E-state index < -0.39 is 5.54 Å². The maximum atomic E-state index is 11.7. The van der Waals surface area contributed by atoms with Crippen LogP contribution in [0, 0.1) is 5.41 Å². The zero-order valence-electron chi connectivity index (χ0n) is 14.5. The van der Waals surface area contributed by atoms with Crippen molar-refractivity contribution >= 4 is 5.97 Å². The van der Waals surface area contributed by atoms with E-state index in [4.69, 9.17) is 9.47 Å². The summed E-state index contributed by atoms with van der Waals surface area (Å²) in [7, 11) is 3.24. The minimum atomic E-state index is -0.580. The van der Waals surface area contributed by atoms with Crippen LogP contribution in [0.25, 0.3) is 0 Å². The van der Waals surface area contributed by atoms with Crippen molar-refractivity contribution in [1.82, 2.24) is 5.32 Å². The average molecular weight is 299 g/mol. The molecule has 0 bridgehead atoms. The SMILES string of the molecule is CNC(C)(CCCCOC1CCC(C)(C)CC1)C(=O)OC. The number of nitrogens with one attached hydrogen (secondary N) is 1. The largest absolute Gasteiger partial charge is 0.468 e. The summed E-state index contributed by atoms with van der Waals surface area (Å²) < 4.78 is 10.8. The summed E-state index contributed by atoms with van der Waals surface area (Å²) in [6.07, 6.45) is 8.06. The van der Waals surface area contributed by atoms with Gasteiger partial charge in [-0.2, -0.15) is 0 Å². The molecule has 0 heterocycles. The normalized spacial score (nSPS) is 21.8. The van der Waals surface area contributed by atoms with Crippen molar-refractivity contribution in [3.8, 4) is 0 Å². The fourth-order valence-electron chi connectivity index (χ4n) is 2.92. The van der Waals surface area contributed by atoms with Crippen molar-refractivity contribution in [2.45, 2.75) is 77.4 Å². The fraction of sp³-hybridized carbons (Fsp3) is 0.941. The molecule has 0 aromatic carbocycles. The second-order valence-corrected chi connectivity index (χ2v) is 7.27. The fourth-order valence-corrected chi connectivity index (χ4v) is 2.92. The van der Waals surface area contributed by atoms with Crippen LogP contribution in [0.4, 0.5) is 0 Å². The molecule has 0 radical (unpaired) electrons. The van der Waals surface area contributed by atoms with E-state index in [1.807, 2.05) is 6.92 Å². The van der Waals surface area contributed by atoms with Crippen molar-refractivity contribution in [3.63, 3.8) is 0 Å². The van der Waals surface area contributed by atoms with Gasteiger partial charge in [0.2, 0.25) is 0 Å². The van der Waals surface area contributed by atoms with E-state index in [0.717, 1.165) is 25.9 Å². The number of hydrogen-bond acceptors (Lipinski definition) is 4. The van der Waals surface area contributed by atoms with Crippen LogP contribution in [0.2, 0.25) is 0 Å². The summed E-state index contributed by atoms with van der Waals surface area (Å²) in [6, 6.07) is 0. The van der Waals surface area contributed by atoms with E-state index in [1.165, 1.54) is 32.8 Å². The molecule has 21 heavy (non-hydrogen) atoms. The number of rotatable bonds is 8. The number of methoxy groups -OCH3 is 1. The monoisotopic (exact) mass is 299 g/mol. The van der Waals surface area contributed by atoms with E-state index in [9.17, 15) is 4.79 Å². The molecule has 0 aromatic rings. The second kappa shape index (κ2) is 8.14. The predicted octanol–water partition coefficient (Wildman–Crippen LogP) is 3.29. The summed E-state index contributed by atoms with van der Waals surface area (Å²) in [4.78, 5) is 11.7. The molecule has 4 heteroatoms.